The standard InChI is InChI=1S/C10H12BrN3O.C6H11NO.C6H15N.C4H2Br2N2.C2H3N.H46P44/c11-9-3-4-10(13-12-9)14-5-7-1-2-8(6-14)15-7;1-2-6-4-7-3-5(1)8-6;1-4-7(5-2)6-3;5-3-1-2-4(6)8-7-3;1-2-3;1-24(2)35(23)41(36(25(3)4)26(5)6)44(42(37(27(7)8)28(9)10)38(29(11)12)30(13)14)43(39(31(15)16)32(17)18)40(33(19)20)34(21)22/h3-4,7-8H,1-2,5-6H2;5-7H,1-4H2;4-6H2,1-3H3;1-2H;1H3;1-23H2. The number of fused-ring (bicyclic) bond motifs is 4. The normalized spacial score (nSPS) is 19.4. The molecule has 6 heterocycles. The average Bonchev–Trinajstić information content (AvgIpc) is 1.50. The van der Waals surface area contributed by atoms with Gasteiger partial charge in [-0.1, -0.05) is 20.8 Å². The summed E-state index contributed by atoms with van der Waals surface area (Å²) in [6.07, 6.45) is 6.82. The Bertz CT molecular complexity index is 1930. The monoisotopic (exact) mass is 2170 g/mol. The molecule has 57 heteroatoms. The van der Waals surface area contributed by atoms with Gasteiger partial charge in [-0.2, -0.15) is 5.26 Å². The highest BCUT2D eigenvalue weighted by Gasteiger charge is 2.57. The molecule has 494 valence electrons. The second kappa shape index (κ2) is 57.6. The van der Waals surface area contributed by atoms with Gasteiger partial charge in [0.25, 0.3) is 0 Å². The molecule has 4 saturated heterocycles. The summed E-state index contributed by atoms with van der Waals surface area (Å²) in [5.41, 5.74) is 0. The first-order valence-electron chi connectivity index (χ1n) is 24.2. The zero-order chi connectivity index (χ0) is 65.2. The van der Waals surface area contributed by atoms with Gasteiger partial charge in [0.2, 0.25) is 0 Å². The first-order valence-corrected chi connectivity index (χ1v) is 106. The molecule has 85 heavy (non-hydrogen) atoms. The molecule has 2 aromatic rings. The number of nitrogens with zero attached hydrogens (tertiary/aromatic N) is 7. The van der Waals surface area contributed by atoms with Crippen molar-refractivity contribution in [2.75, 3.05) is 50.7 Å². The third-order valence-corrected chi connectivity index (χ3v) is 313. The molecule has 0 aromatic carbocycles. The lowest BCUT2D eigenvalue weighted by Crippen LogP contribution is -2.43. The Balaban J connectivity index is 0.000000686. The highest BCUT2D eigenvalue weighted by Crippen LogP contribution is 3.44. The number of ether oxygens (including phenoxy) is 2. The number of aromatic nitrogens is 4. The predicted molar refractivity (Wildman–Crippen MR) is 541 cm³/mol. The Morgan fingerprint density at radius 3 is 0.941 bits per heavy atom. The zero-order valence-electron chi connectivity index (χ0n) is 47.1. The van der Waals surface area contributed by atoms with E-state index in [9.17, 15) is 0 Å². The number of nitrogens with one attached hydrogen (secondary N) is 1. The summed E-state index contributed by atoms with van der Waals surface area (Å²) in [7, 11) is 78.8. The maximum Gasteiger partial charge on any atom is 0.151 e. The third kappa shape index (κ3) is 39.6. The molecule has 2 aromatic heterocycles. The van der Waals surface area contributed by atoms with Crippen LogP contribution in [0.1, 0.15) is 53.4 Å². The highest BCUT2D eigenvalue weighted by atomic mass is 79.9. The van der Waals surface area contributed by atoms with E-state index in [4.69, 9.17) is 14.7 Å². The number of halogens is 3. The van der Waals surface area contributed by atoms with E-state index in [-0.39, 0.29) is 147 Å². The Kier molecular flexibility index (Phi) is 68.3. The quantitative estimate of drug-likeness (QED) is 0.102. The summed E-state index contributed by atoms with van der Waals surface area (Å²) in [5.74, 6) is 0.957. The third-order valence-electron chi connectivity index (χ3n) is 10.6. The SMILES string of the molecule is Brc1ccc(Br)nn1.Brc1ccc(N2CC3CCC(C2)O3)nn1.C1CC2CNCC1O2.CC#N.CCN(CC)CC.PP(P)P(P)P(P(P(P)P)P(P)P)P(P(P(P(P)P)P(P)P)P(P(P)P)P(P)P)P(P(P(P)P)P(P)P)P(P(P)P)P(P)P. The first kappa shape index (κ1) is 101. The highest BCUT2D eigenvalue weighted by molar-refractivity contribution is 9.50. The van der Waals surface area contributed by atoms with Crippen LogP contribution < -0.4 is 10.2 Å². The minimum Gasteiger partial charge on any atom is -0.372 e. The average molecular weight is 2170 g/mol. The van der Waals surface area contributed by atoms with Gasteiger partial charge >= 0.3 is 0 Å². The summed E-state index contributed by atoms with van der Waals surface area (Å²) in [6, 6.07) is 9.32. The van der Waals surface area contributed by atoms with Crippen LogP contribution >= 0.6 is 400 Å². The molecule has 4 bridgehead atoms. The fraction of sp³-hybridized carbons (Fsp3) is 0.679. The molecule has 4 aliphatic heterocycles. The van der Waals surface area contributed by atoms with Crippen LogP contribution in [-0.4, -0.2) is 95.5 Å². The molecule has 6 rings (SSSR count). The van der Waals surface area contributed by atoms with Crippen LogP contribution in [0.3, 0.4) is 0 Å². The molecule has 4 fully saturated rings. The number of hydrogen-bond donors (Lipinski definition) is 1. The molecule has 0 radical (unpaired) electrons. The molecule has 0 amide bonds. The van der Waals surface area contributed by atoms with Gasteiger partial charge in [-0.25, -0.2) is 0 Å². The van der Waals surface area contributed by atoms with Crippen LogP contribution in [0.25, 0.3) is 0 Å². The molecule has 0 aliphatic carbocycles. The Morgan fingerprint density at radius 2 is 0.706 bits per heavy atom. The summed E-state index contributed by atoms with van der Waals surface area (Å²) < 4.78 is 13.6. The van der Waals surface area contributed by atoms with E-state index in [1.807, 2.05) is 24.3 Å². The van der Waals surface area contributed by atoms with Gasteiger partial charge in [0.05, 0.1) is 30.5 Å². The Morgan fingerprint density at radius 1 is 0.447 bits per heavy atom. The maximum absolute atomic E-state index is 7.32. The lowest BCUT2D eigenvalue weighted by atomic mass is 10.2. The van der Waals surface area contributed by atoms with Crippen molar-refractivity contribution in [3.05, 3.63) is 38.1 Å². The van der Waals surface area contributed by atoms with E-state index >= 15 is 0 Å². The number of rotatable bonds is 24. The number of nitriles is 1. The summed E-state index contributed by atoms with van der Waals surface area (Å²) in [6.45, 7) is 13.0. The van der Waals surface area contributed by atoms with Crippen LogP contribution in [-0.2, 0) is 9.47 Å². The van der Waals surface area contributed by atoms with E-state index in [2.05, 4.69) is 309 Å². The van der Waals surface area contributed by atoms with Gasteiger partial charge in [0, 0.05) is 33.1 Å². The fourth-order valence-corrected chi connectivity index (χ4v) is 611. The largest absolute Gasteiger partial charge is 0.372 e. The van der Waals surface area contributed by atoms with Crippen molar-refractivity contribution in [2.45, 2.75) is 77.8 Å². The second-order valence-electron chi connectivity index (χ2n) is 16.6. The first-order chi connectivity index (χ1) is 39.8. The van der Waals surface area contributed by atoms with Crippen molar-refractivity contribution in [3.8, 4) is 6.07 Å². The molecular weight excluding hydrogens is 2080 g/mol. The van der Waals surface area contributed by atoms with E-state index < -0.39 is 0 Å². The molecule has 29 unspecified atom stereocenters. The lowest BCUT2D eigenvalue weighted by Gasteiger charge is -2.57. The van der Waals surface area contributed by atoms with Crippen molar-refractivity contribution in [3.63, 3.8) is 0 Å². The Labute approximate surface area is 615 Å². The number of morpholine rings is 2. The van der Waals surface area contributed by atoms with E-state index in [1.54, 1.807) is 6.07 Å². The topological polar surface area (TPSA) is 112 Å². The number of hydrogen-bond acceptors (Lipinski definition) is 10. The van der Waals surface area contributed by atoms with E-state index in [0.29, 0.717) is 24.4 Å². The molecule has 10 nitrogen and oxygen atoms in total. The van der Waals surface area contributed by atoms with Crippen molar-refractivity contribution in [1.29, 1.82) is 5.26 Å². The Hall–Kier alpha value is 17.6. The predicted octanol–water partition coefficient (Wildman–Crippen LogP) is 31.2. The number of anilines is 1. The van der Waals surface area contributed by atoms with Crippen molar-refractivity contribution >= 4 is 406 Å². The van der Waals surface area contributed by atoms with E-state index in [1.165, 1.54) is 52.2 Å². The molecule has 1 N–H and O–H groups in total. The minimum absolute atomic E-state index is 0.0762. The minimum atomic E-state index is -0.154. The second-order valence-corrected chi connectivity index (χ2v) is 199. The van der Waals surface area contributed by atoms with Gasteiger partial charge in [-0.05, 0) is 264 Å². The van der Waals surface area contributed by atoms with Gasteiger partial charge < -0.3 is 24.6 Å². The van der Waals surface area contributed by atoms with Gasteiger partial charge in [-0.3, -0.25) is 0 Å². The van der Waals surface area contributed by atoms with Crippen LogP contribution in [0.15, 0.2) is 38.1 Å². The fourth-order valence-electron chi connectivity index (χ4n) is 7.23. The molecule has 29 atom stereocenters. The van der Waals surface area contributed by atoms with Gasteiger partial charge in [0.1, 0.15) is 13.8 Å². The van der Waals surface area contributed by atoms with Gasteiger partial charge in [0.15, 0.2) is 5.82 Å². The zero-order valence-corrected chi connectivity index (χ0v) is 97.2. The van der Waals surface area contributed by atoms with Crippen LogP contribution in [0.5, 0.6) is 0 Å². The molecule has 0 spiro atoms. The summed E-state index contributed by atoms with van der Waals surface area (Å²) in [4.78, 5) is 4.64. The lowest BCUT2D eigenvalue weighted by molar-refractivity contribution is 0.0184. The van der Waals surface area contributed by atoms with Crippen molar-refractivity contribution in [2.24, 2.45) is 0 Å². The van der Waals surface area contributed by atoms with Crippen LogP contribution in [0, 0.1) is 11.3 Å². The smallest absolute Gasteiger partial charge is 0.151 e. The summed E-state index contributed by atoms with van der Waals surface area (Å²) >= 11 is 9.59. The van der Waals surface area contributed by atoms with Crippen molar-refractivity contribution in [1.82, 2.24) is 30.6 Å². The van der Waals surface area contributed by atoms with Crippen molar-refractivity contribution < 1.29 is 9.47 Å². The molecule has 4 aliphatic rings. The maximum atomic E-state index is 7.32. The summed E-state index contributed by atoms with van der Waals surface area (Å²) in [5, 5.41) is 26.2. The molecular formula is C28H89Br3N8O2P44. The van der Waals surface area contributed by atoms with Crippen LogP contribution in [0.4, 0.5) is 5.82 Å². The van der Waals surface area contributed by atoms with Gasteiger partial charge in [-0.15, -0.1) is 226 Å². The molecule has 0 saturated carbocycles. The van der Waals surface area contributed by atoms with E-state index in [0.717, 1.165) is 45.8 Å². The van der Waals surface area contributed by atoms with Crippen LogP contribution in [0.2, 0.25) is 0 Å².